The first-order valence-electron chi connectivity index (χ1n) is 8.56. The number of rotatable bonds is 6. The highest BCUT2D eigenvalue weighted by Crippen LogP contribution is 2.27. The zero-order chi connectivity index (χ0) is 15.2. The molecule has 2 heteroatoms. The van der Waals surface area contributed by atoms with Crippen molar-refractivity contribution in [3.63, 3.8) is 0 Å². The van der Waals surface area contributed by atoms with Gasteiger partial charge in [0.2, 0.25) is 0 Å². The van der Waals surface area contributed by atoms with E-state index < -0.39 is 0 Å². The molecule has 2 rings (SSSR count). The highest BCUT2D eigenvalue weighted by Gasteiger charge is 2.22. The van der Waals surface area contributed by atoms with Crippen molar-refractivity contribution >= 4 is 0 Å². The van der Waals surface area contributed by atoms with Gasteiger partial charge in [-0.25, -0.2) is 0 Å². The Balaban J connectivity index is 1.95. The fraction of sp³-hybridized carbons (Fsp3) is 0.684. The van der Waals surface area contributed by atoms with E-state index in [2.05, 4.69) is 62.3 Å². The molecule has 1 saturated carbocycles. The van der Waals surface area contributed by atoms with Gasteiger partial charge < -0.3 is 5.32 Å². The van der Waals surface area contributed by atoms with Crippen LogP contribution >= 0.6 is 0 Å². The summed E-state index contributed by atoms with van der Waals surface area (Å²) in [5.41, 5.74) is 2.92. The van der Waals surface area contributed by atoms with E-state index in [9.17, 15) is 0 Å². The van der Waals surface area contributed by atoms with Crippen LogP contribution in [0, 0.1) is 5.92 Å². The van der Waals surface area contributed by atoms with Crippen molar-refractivity contribution in [3.05, 3.63) is 35.4 Å². The molecule has 0 aromatic heterocycles. The van der Waals surface area contributed by atoms with Gasteiger partial charge in [-0.3, -0.25) is 4.90 Å². The molecule has 1 N–H and O–H groups in total. The van der Waals surface area contributed by atoms with Crippen LogP contribution in [0.4, 0.5) is 0 Å². The van der Waals surface area contributed by atoms with Gasteiger partial charge in [0.05, 0.1) is 0 Å². The Bertz CT molecular complexity index is 419. The number of hydrogen-bond acceptors (Lipinski definition) is 2. The molecule has 1 aromatic rings. The molecule has 1 aromatic carbocycles. The maximum atomic E-state index is 3.54. The van der Waals surface area contributed by atoms with Crippen LogP contribution < -0.4 is 5.32 Å². The van der Waals surface area contributed by atoms with Gasteiger partial charge in [-0.15, -0.1) is 0 Å². The third-order valence-corrected chi connectivity index (χ3v) is 4.85. The van der Waals surface area contributed by atoms with Crippen molar-refractivity contribution in [2.24, 2.45) is 5.92 Å². The molecule has 0 saturated heterocycles. The van der Waals surface area contributed by atoms with Crippen molar-refractivity contribution in [2.75, 3.05) is 7.05 Å². The Kier molecular flexibility index (Phi) is 6.25. The first kappa shape index (κ1) is 16.5. The maximum Gasteiger partial charge on any atom is 0.0236 e. The summed E-state index contributed by atoms with van der Waals surface area (Å²) < 4.78 is 0. The molecule has 0 aliphatic heterocycles. The van der Waals surface area contributed by atoms with Gasteiger partial charge in [0.25, 0.3) is 0 Å². The minimum Gasteiger partial charge on any atom is -0.310 e. The summed E-state index contributed by atoms with van der Waals surface area (Å²) in [7, 11) is 2.30. The molecular formula is C19H32N2. The smallest absolute Gasteiger partial charge is 0.0236 e. The molecule has 0 unspecified atom stereocenters. The summed E-state index contributed by atoms with van der Waals surface area (Å²) >= 11 is 0. The third-order valence-electron chi connectivity index (χ3n) is 4.85. The van der Waals surface area contributed by atoms with Gasteiger partial charge in [0.15, 0.2) is 0 Å². The summed E-state index contributed by atoms with van der Waals surface area (Å²) in [5.74, 6) is 0.928. The van der Waals surface area contributed by atoms with Crippen molar-refractivity contribution in [1.82, 2.24) is 10.2 Å². The maximum absolute atomic E-state index is 3.54. The Labute approximate surface area is 130 Å². The molecule has 0 bridgehead atoms. The van der Waals surface area contributed by atoms with E-state index in [4.69, 9.17) is 0 Å². The molecule has 0 atom stereocenters. The summed E-state index contributed by atoms with van der Waals surface area (Å²) in [4.78, 5) is 2.57. The molecule has 2 nitrogen and oxygen atoms in total. The fourth-order valence-electron chi connectivity index (χ4n) is 3.28. The van der Waals surface area contributed by atoms with Crippen LogP contribution in [0.1, 0.15) is 57.6 Å². The van der Waals surface area contributed by atoms with Crippen molar-refractivity contribution < 1.29 is 0 Å². The Morgan fingerprint density at radius 1 is 1.10 bits per heavy atom. The summed E-state index contributed by atoms with van der Waals surface area (Å²) in [6, 6.07) is 10.2. The predicted molar refractivity (Wildman–Crippen MR) is 91.3 cm³/mol. The van der Waals surface area contributed by atoms with E-state index in [1.54, 1.807) is 0 Å². The van der Waals surface area contributed by atoms with Gasteiger partial charge in [-0.1, -0.05) is 45.0 Å². The quantitative estimate of drug-likeness (QED) is 0.844. The lowest BCUT2D eigenvalue weighted by atomic mass is 9.86. The van der Waals surface area contributed by atoms with Gasteiger partial charge in [0.1, 0.15) is 0 Å². The standard InChI is InChI=1S/C19H32N2/c1-15(2)20-13-17-7-5-6-8-18(17)14-21(4)19-11-9-16(3)10-12-19/h5-8,15-16,19-20H,9-14H2,1-4H3. The van der Waals surface area contributed by atoms with Crippen LogP contribution in [0.3, 0.4) is 0 Å². The lowest BCUT2D eigenvalue weighted by Gasteiger charge is -2.34. The molecule has 0 heterocycles. The molecule has 0 radical (unpaired) electrons. The minimum atomic E-state index is 0.538. The molecule has 21 heavy (non-hydrogen) atoms. The predicted octanol–water partition coefficient (Wildman–Crippen LogP) is 4.20. The average Bonchev–Trinajstić information content (AvgIpc) is 2.47. The second kappa shape index (κ2) is 7.95. The van der Waals surface area contributed by atoms with Gasteiger partial charge in [-0.2, -0.15) is 0 Å². The van der Waals surface area contributed by atoms with Crippen molar-refractivity contribution in [3.8, 4) is 0 Å². The second-order valence-electron chi connectivity index (χ2n) is 7.13. The zero-order valence-corrected chi connectivity index (χ0v) is 14.2. The molecule has 118 valence electrons. The molecular weight excluding hydrogens is 256 g/mol. The largest absolute Gasteiger partial charge is 0.310 e. The Morgan fingerprint density at radius 2 is 1.71 bits per heavy atom. The van der Waals surface area contributed by atoms with E-state index in [1.807, 2.05) is 0 Å². The highest BCUT2D eigenvalue weighted by atomic mass is 15.1. The first-order chi connectivity index (χ1) is 10.1. The van der Waals surface area contributed by atoms with E-state index in [-0.39, 0.29) is 0 Å². The normalized spacial score (nSPS) is 23.0. The van der Waals surface area contributed by atoms with E-state index >= 15 is 0 Å². The number of hydrogen-bond donors (Lipinski definition) is 1. The average molecular weight is 288 g/mol. The van der Waals surface area contributed by atoms with Gasteiger partial charge in [0, 0.05) is 25.2 Å². The van der Waals surface area contributed by atoms with Crippen LogP contribution in [-0.2, 0) is 13.1 Å². The number of nitrogens with zero attached hydrogens (tertiary/aromatic N) is 1. The van der Waals surface area contributed by atoms with Crippen LogP contribution in [0.25, 0.3) is 0 Å². The number of benzene rings is 1. The molecule has 0 amide bonds. The first-order valence-corrected chi connectivity index (χ1v) is 8.56. The SMILES string of the molecule is CC1CCC(N(C)Cc2ccccc2CNC(C)C)CC1. The van der Waals surface area contributed by atoms with Crippen LogP contribution in [-0.4, -0.2) is 24.0 Å². The second-order valence-corrected chi connectivity index (χ2v) is 7.13. The monoisotopic (exact) mass is 288 g/mol. The lowest BCUT2D eigenvalue weighted by molar-refractivity contribution is 0.163. The molecule has 1 fully saturated rings. The summed E-state index contributed by atoms with van der Waals surface area (Å²) in [6.07, 6.45) is 5.52. The molecule has 0 spiro atoms. The van der Waals surface area contributed by atoms with E-state index in [0.717, 1.165) is 25.0 Å². The van der Waals surface area contributed by atoms with Gasteiger partial charge in [-0.05, 0) is 49.8 Å². The fourth-order valence-corrected chi connectivity index (χ4v) is 3.28. The number of nitrogens with one attached hydrogen (secondary N) is 1. The lowest BCUT2D eigenvalue weighted by Crippen LogP contribution is -2.34. The third kappa shape index (κ3) is 5.12. The highest BCUT2D eigenvalue weighted by molar-refractivity contribution is 5.27. The zero-order valence-electron chi connectivity index (χ0n) is 14.2. The van der Waals surface area contributed by atoms with Crippen LogP contribution in [0.5, 0.6) is 0 Å². The van der Waals surface area contributed by atoms with Crippen molar-refractivity contribution in [1.29, 1.82) is 0 Å². The van der Waals surface area contributed by atoms with E-state index in [0.29, 0.717) is 6.04 Å². The minimum absolute atomic E-state index is 0.538. The Hall–Kier alpha value is -0.860. The molecule has 1 aliphatic rings. The van der Waals surface area contributed by atoms with E-state index in [1.165, 1.54) is 36.8 Å². The molecule has 1 aliphatic carbocycles. The van der Waals surface area contributed by atoms with Crippen LogP contribution in [0.2, 0.25) is 0 Å². The summed E-state index contributed by atoms with van der Waals surface area (Å²) in [5, 5.41) is 3.54. The van der Waals surface area contributed by atoms with Crippen LogP contribution in [0.15, 0.2) is 24.3 Å². The topological polar surface area (TPSA) is 15.3 Å². The van der Waals surface area contributed by atoms with Crippen molar-refractivity contribution in [2.45, 2.75) is 71.6 Å². The van der Waals surface area contributed by atoms with Gasteiger partial charge >= 0.3 is 0 Å². The summed E-state index contributed by atoms with van der Waals surface area (Å²) in [6.45, 7) is 8.86. The Morgan fingerprint density at radius 3 is 2.33 bits per heavy atom.